The molecule has 7 nitrogen and oxygen atoms in total. The quantitative estimate of drug-likeness (QED) is 0.671. The maximum absolute atomic E-state index is 13.1. The smallest absolute Gasteiger partial charge is 0.393 e. The second kappa shape index (κ2) is 7.67. The molecule has 0 bridgehead atoms. The van der Waals surface area contributed by atoms with Crippen molar-refractivity contribution in [3.8, 4) is 0 Å². The van der Waals surface area contributed by atoms with Crippen LogP contribution in [0, 0.1) is 11.8 Å². The molecule has 0 aliphatic heterocycles. The summed E-state index contributed by atoms with van der Waals surface area (Å²) in [6.07, 6.45) is -3.56. The average molecular weight is 436 g/mol. The van der Waals surface area contributed by atoms with E-state index in [4.69, 9.17) is 0 Å². The monoisotopic (exact) mass is 436 g/mol. The first-order valence-electron chi connectivity index (χ1n) is 10.1. The zero-order valence-electron chi connectivity index (χ0n) is 17.0. The van der Waals surface area contributed by atoms with Gasteiger partial charge in [0, 0.05) is 19.2 Å². The fraction of sp³-hybridized carbons (Fsp3) is 0.476. The predicted octanol–water partition coefficient (Wildman–Crippen LogP) is 2.37. The van der Waals surface area contributed by atoms with Crippen LogP contribution in [0.3, 0.4) is 0 Å². The van der Waals surface area contributed by atoms with Gasteiger partial charge in [-0.15, -0.1) is 0 Å². The number of nitrogens with one attached hydrogen (secondary N) is 2. The molecule has 2 saturated carbocycles. The van der Waals surface area contributed by atoms with Crippen molar-refractivity contribution in [2.24, 2.45) is 11.8 Å². The third-order valence-electron chi connectivity index (χ3n) is 6.21. The zero-order chi connectivity index (χ0) is 22.5. The number of alkyl halides is 3. The molecule has 3 N–H and O–H groups in total. The first kappa shape index (κ1) is 21.4. The van der Waals surface area contributed by atoms with E-state index < -0.39 is 29.6 Å². The van der Waals surface area contributed by atoms with Crippen LogP contribution in [-0.4, -0.2) is 45.9 Å². The number of nitrogens with zero attached hydrogens (tertiary/aromatic N) is 2. The van der Waals surface area contributed by atoms with Gasteiger partial charge in [0.15, 0.2) is 5.69 Å². The van der Waals surface area contributed by atoms with E-state index in [0.29, 0.717) is 18.4 Å². The number of hydrogen-bond donors (Lipinski definition) is 3. The van der Waals surface area contributed by atoms with Crippen molar-refractivity contribution in [1.82, 2.24) is 20.4 Å². The number of aromatic nitrogens is 2. The van der Waals surface area contributed by atoms with Gasteiger partial charge in [0.1, 0.15) is 5.69 Å². The molecule has 2 amide bonds. The number of halogens is 3. The highest BCUT2D eigenvalue weighted by Crippen LogP contribution is 2.52. The minimum atomic E-state index is -4.50. The lowest BCUT2D eigenvalue weighted by Crippen LogP contribution is -2.32. The van der Waals surface area contributed by atoms with Gasteiger partial charge in [-0.05, 0) is 49.3 Å². The van der Waals surface area contributed by atoms with Crippen LogP contribution in [0.4, 0.5) is 13.2 Å². The van der Waals surface area contributed by atoms with Gasteiger partial charge in [-0.1, -0.05) is 12.1 Å². The summed E-state index contributed by atoms with van der Waals surface area (Å²) in [5.74, 6) is -0.491. The second-order valence-electron chi connectivity index (χ2n) is 8.19. The molecule has 1 heterocycles. The Labute approximate surface area is 176 Å². The molecule has 10 heteroatoms. The van der Waals surface area contributed by atoms with Crippen molar-refractivity contribution in [3.05, 3.63) is 52.8 Å². The van der Waals surface area contributed by atoms with Crippen LogP contribution in [0.2, 0.25) is 0 Å². The largest absolute Gasteiger partial charge is 0.416 e. The highest BCUT2D eigenvalue weighted by Gasteiger charge is 2.56. The number of aliphatic hydroxyl groups is 1. The van der Waals surface area contributed by atoms with Crippen molar-refractivity contribution in [1.29, 1.82) is 0 Å². The van der Waals surface area contributed by atoms with Crippen molar-refractivity contribution in [3.63, 3.8) is 0 Å². The summed E-state index contributed by atoms with van der Waals surface area (Å²) in [7, 11) is 1.42. The fourth-order valence-corrected chi connectivity index (χ4v) is 4.47. The Kier molecular flexibility index (Phi) is 5.28. The van der Waals surface area contributed by atoms with E-state index in [-0.39, 0.29) is 35.4 Å². The Bertz CT molecular complexity index is 1010. The first-order chi connectivity index (χ1) is 14.6. The van der Waals surface area contributed by atoms with Gasteiger partial charge in [-0.25, -0.2) is 0 Å². The normalized spacial score (nSPS) is 25.6. The number of carbonyl (C=O) groups is 2. The van der Waals surface area contributed by atoms with Crippen molar-refractivity contribution in [2.45, 2.75) is 44.1 Å². The fourth-order valence-electron chi connectivity index (χ4n) is 4.47. The van der Waals surface area contributed by atoms with E-state index in [1.54, 1.807) is 6.92 Å². The molecule has 0 spiro atoms. The molecule has 1 aromatic carbocycles. The number of amides is 2. The highest BCUT2D eigenvalue weighted by atomic mass is 19.4. The SMILES string of the molecule is CNC(=O)c1cc(C(=O)NC2[C@H]3CC(O)C[C@@H]23)n([C@@H](C)c2cccc(C(F)(F)F)c2)n1. The van der Waals surface area contributed by atoms with Gasteiger partial charge >= 0.3 is 6.18 Å². The standard InChI is InChI=1S/C21H23F3N4O3/c1-10(11-4-3-5-12(6-11)21(22,23)24)28-17(9-16(27-28)19(30)25-2)20(31)26-18-14-7-13(29)8-15(14)18/h3-6,9-10,13-15,18,29H,7-8H2,1-2H3,(H,25,30)(H,26,31)/t10-,13?,14-,15+,18?/m0/s1. The molecule has 2 aliphatic carbocycles. The van der Waals surface area contributed by atoms with Crippen LogP contribution >= 0.6 is 0 Å². The van der Waals surface area contributed by atoms with Crippen LogP contribution < -0.4 is 10.6 Å². The van der Waals surface area contributed by atoms with Crippen LogP contribution in [-0.2, 0) is 6.18 Å². The Morgan fingerprint density at radius 2 is 1.87 bits per heavy atom. The lowest BCUT2D eigenvalue weighted by Gasteiger charge is -2.18. The summed E-state index contributed by atoms with van der Waals surface area (Å²) in [5, 5.41) is 19.2. The van der Waals surface area contributed by atoms with Gasteiger partial charge in [0.05, 0.1) is 17.7 Å². The Balaban J connectivity index is 1.63. The Morgan fingerprint density at radius 1 is 1.19 bits per heavy atom. The van der Waals surface area contributed by atoms with Crippen molar-refractivity contribution >= 4 is 11.8 Å². The van der Waals surface area contributed by atoms with Gasteiger partial charge in [-0.2, -0.15) is 18.3 Å². The summed E-state index contributed by atoms with van der Waals surface area (Å²) in [5.41, 5.74) is -0.403. The number of hydrogen-bond acceptors (Lipinski definition) is 4. The molecular formula is C21H23F3N4O3. The molecule has 2 aliphatic rings. The van der Waals surface area contributed by atoms with E-state index in [1.165, 1.54) is 29.9 Å². The molecular weight excluding hydrogens is 413 g/mol. The summed E-state index contributed by atoms with van der Waals surface area (Å²) in [6, 6.07) is 5.38. The molecule has 1 aromatic heterocycles. The van der Waals surface area contributed by atoms with Gasteiger partial charge in [-0.3, -0.25) is 14.3 Å². The molecule has 31 heavy (non-hydrogen) atoms. The lowest BCUT2D eigenvalue weighted by atomic mass is 10.0. The maximum atomic E-state index is 13.1. The first-order valence-corrected chi connectivity index (χ1v) is 10.1. The lowest BCUT2D eigenvalue weighted by molar-refractivity contribution is -0.137. The second-order valence-corrected chi connectivity index (χ2v) is 8.19. The van der Waals surface area contributed by atoms with Gasteiger partial charge in [0.2, 0.25) is 0 Å². The molecule has 0 saturated heterocycles. The average Bonchev–Trinajstić information content (AvgIpc) is 3.10. The molecule has 5 atom stereocenters. The minimum Gasteiger partial charge on any atom is -0.393 e. The van der Waals surface area contributed by atoms with Crippen LogP contribution in [0.25, 0.3) is 0 Å². The van der Waals surface area contributed by atoms with Crippen LogP contribution in [0.5, 0.6) is 0 Å². The number of benzene rings is 1. The zero-order valence-corrected chi connectivity index (χ0v) is 17.0. The molecule has 2 unspecified atom stereocenters. The summed E-state index contributed by atoms with van der Waals surface area (Å²) in [4.78, 5) is 25.0. The summed E-state index contributed by atoms with van der Waals surface area (Å²) in [6.45, 7) is 1.62. The van der Waals surface area contributed by atoms with Crippen LogP contribution in [0.1, 0.15) is 57.9 Å². The van der Waals surface area contributed by atoms with Crippen molar-refractivity contribution < 1.29 is 27.9 Å². The van der Waals surface area contributed by atoms with Gasteiger partial charge in [0.25, 0.3) is 11.8 Å². The highest BCUT2D eigenvalue weighted by molar-refractivity contribution is 5.98. The molecule has 0 radical (unpaired) electrons. The summed E-state index contributed by atoms with van der Waals surface area (Å²) < 4.78 is 40.7. The van der Waals surface area contributed by atoms with E-state index in [0.717, 1.165) is 12.1 Å². The molecule has 4 rings (SSSR count). The number of fused-ring (bicyclic) bond motifs is 1. The van der Waals surface area contributed by atoms with Crippen LogP contribution in [0.15, 0.2) is 30.3 Å². The predicted molar refractivity (Wildman–Crippen MR) is 104 cm³/mol. The Hall–Kier alpha value is -2.88. The van der Waals surface area contributed by atoms with E-state index >= 15 is 0 Å². The number of carbonyl (C=O) groups excluding carboxylic acids is 2. The van der Waals surface area contributed by atoms with Gasteiger partial charge < -0.3 is 15.7 Å². The molecule has 166 valence electrons. The number of aliphatic hydroxyl groups excluding tert-OH is 1. The maximum Gasteiger partial charge on any atom is 0.416 e. The third-order valence-corrected chi connectivity index (χ3v) is 6.21. The molecule has 2 aromatic rings. The van der Waals surface area contributed by atoms with E-state index in [1.807, 2.05) is 0 Å². The Morgan fingerprint density at radius 3 is 2.48 bits per heavy atom. The van der Waals surface area contributed by atoms with E-state index in [9.17, 15) is 27.9 Å². The topological polar surface area (TPSA) is 96.3 Å². The third kappa shape index (κ3) is 4.04. The van der Waals surface area contributed by atoms with E-state index in [2.05, 4.69) is 15.7 Å². The van der Waals surface area contributed by atoms with Crippen molar-refractivity contribution in [2.75, 3.05) is 7.05 Å². The molecule has 2 fully saturated rings. The number of rotatable bonds is 5. The minimum absolute atomic E-state index is 0.00195. The summed E-state index contributed by atoms with van der Waals surface area (Å²) >= 11 is 0.